The quantitative estimate of drug-likeness (QED) is 0.510. The molecule has 2 aromatic carbocycles. The molecule has 0 aliphatic heterocycles. The summed E-state index contributed by atoms with van der Waals surface area (Å²) in [6.45, 7) is 1.92. The number of hydrazone groups is 1. The Morgan fingerprint density at radius 1 is 1.04 bits per heavy atom. The molecule has 1 heterocycles. The Morgan fingerprint density at radius 2 is 1.79 bits per heavy atom. The SMILES string of the molecule is Cc1c(C(=O)Nc2ccc(Br)cc2)oc2c1/C(=N/Nc1ccccc1)CCC2. The summed E-state index contributed by atoms with van der Waals surface area (Å²) in [7, 11) is 0. The van der Waals surface area contributed by atoms with Crippen molar-refractivity contribution in [2.75, 3.05) is 10.7 Å². The molecule has 4 rings (SSSR count). The maximum Gasteiger partial charge on any atom is 0.291 e. The van der Waals surface area contributed by atoms with E-state index in [1.54, 1.807) is 0 Å². The Hall–Kier alpha value is -2.86. The van der Waals surface area contributed by atoms with Crippen molar-refractivity contribution in [3.63, 3.8) is 0 Å². The third-order valence-electron chi connectivity index (χ3n) is 4.73. The van der Waals surface area contributed by atoms with Gasteiger partial charge in [0.1, 0.15) is 5.76 Å². The molecule has 1 aliphatic rings. The number of benzene rings is 2. The van der Waals surface area contributed by atoms with E-state index < -0.39 is 0 Å². The highest BCUT2D eigenvalue weighted by Gasteiger charge is 2.28. The zero-order valence-electron chi connectivity index (χ0n) is 15.5. The number of halogens is 1. The molecule has 3 aromatic rings. The third-order valence-corrected chi connectivity index (χ3v) is 5.26. The summed E-state index contributed by atoms with van der Waals surface area (Å²) in [5, 5.41) is 7.49. The van der Waals surface area contributed by atoms with Gasteiger partial charge in [-0.2, -0.15) is 5.10 Å². The van der Waals surface area contributed by atoms with Crippen molar-refractivity contribution in [2.45, 2.75) is 26.2 Å². The molecular weight excluding hydrogens is 418 g/mol. The molecule has 0 atom stereocenters. The smallest absolute Gasteiger partial charge is 0.291 e. The van der Waals surface area contributed by atoms with E-state index in [0.717, 1.165) is 57.7 Å². The molecule has 0 unspecified atom stereocenters. The first-order valence-corrected chi connectivity index (χ1v) is 9.98. The molecule has 28 heavy (non-hydrogen) atoms. The third kappa shape index (κ3) is 3.87. The maximum absolute atomic E-state index is 12.8. The number of para-hydroxylation sites is 1. The van der Waals surface area contributed by atoms with Crippen molar-refractivity contribution in [1.29, 1.82) is 0 Å². The van der Waals surface area contributed by atoms with E-state index in [2.05, 4.69) is 31.8 Å². The van der Waals surface area contributed by atoms with E-state index >= 15 is 0 Å². The molecule has 6 heteroatoms. The van der Waals surface area contributed by atoms with Crippen molar-refractivity contribution < 1.29 is 9.21 Å². The molecule has 5 nitrogen and oxygen atoms in total. The van der Waals surface area contributed by atoms with Gasteiger partial charge in [-0.25, -0.2) is 0 Å². The monoisotopic (exact) mass is 437 g/mol. The molecule has 0 radical (unpaired) electrons. The minimum absolute atomic E-state index is 0.246. The molecule has 1 aromatic heterocycles. The number of anilines is 2. The highest BCUT2D eigenvalue weighted by Crippen LogP contribution is 2.30. The van der Waals surface area contributed by atoms with E-state index in [1.807, 2.05) is 61.5 Å². The lowest BCUT2D eigenvalue weighted by atomic mass is 9.93. The summed E-state index contributed by atoms with van der Waals surface area (Å²) in [6, 6.07) is 17.3. The predicted molar refractivity (Wildman–Crippen MR) is 115 cm³/mol. The minimum Gasteiger partial charge on any atom is -0.455 e. The molecule has 1 amide bonds. The van der Waals surface area contributed by atoms with E-state index in [4.69, 9.17) is 4.42 Å². The summed E-state index contributed by atoms with van der Waals surface area (Å²) in [5.41, 5.74) is 7.47. The standard InChI is InChI=1S/C22H20BrN3O2/c1-14-20-18(26-25-17-6-3-2-4-7-17)8-5-9-19(20)28-21(14)22(27)24-16-12-10-15(23)11-13-16/h2-4,6-7,10-13,25H,5,8-9H2,1H3,(H,24,27)/b26-18+. The normalized spacial score (nSPS) is 14.6. The number of aryl methyl sites for hydroxylation is 1. The molecule has 1 aliphatic carbocycles. The number of hydrogen-bond acceptors (Lipinski definition) is 4. The van der Waals surface area contributed by atoms with Gasteiger partial charge in [0.25, 0.3) is 5.91 Å². The number of amides is 1. The number of carbonyl (C=O) groups excluding carboxylic acids is 1. The van der Waals surface area contributed by atoms with Crippen molar-refractivity contribution in [2.24, 2.45) is 5.10 Å². The summed E-state index contributed by atoms with van der Waals surface area (Å²) >= 11 is 3.39. The van der Waals surface area contributed by atoms with Crippen LogP contribution in [0, 0.1) is 6.92 Å². The molecule has 0 fully saturated rings. The van der Waals surface area contributed by atoms with Gasteiger partial charge in [-0.3, -0.25) is 10.2 Å². The lowest BCUT2D eigenvalue weighted by Gasteiger charge is -2.13. The van der Waals surface area contributed by atoms with Crippen LogP contribution in [-0.2, 0) is 6.42 Å². The van der Waals surface area contributed by atoms with Crippen LogP contribution in [0.25, 0.3) is 0 Å². The van der Waals surface area contributed by atoms with Gasteiger partial charge in [0.2, 0.25) is 0 Å². The Balaban J connectivity index is 1.59. The Morgan fingerprint density at radius 3 is 2.54 bits per heavy atom. The van der Waals surface area contributed by atoms with Gasteiger partial charge in [-0.1, -0.05) is 34.1 Å². The molecule has 0 bridgehead atoms. The Kier molecular flexibility index (Phi) is 5.30. The first-order valence-electron chi connectivity index (χ1n) is 9.19. The van der Waals surface area contributed by atoms with Gasteiger partial charge in [0.05, 0.1) is 11.4 Å². The highest BCUT2D eigenvalue weighted by atomic mass is 79.9. The van der Waals surface area contributed by atoms with Crippen LogP contribution in [0.1, 0.15) is 40.3 Å². The maximum atomic E-state index is 12.8. The van der Waals surface area contributed by atoms with Gasteiger partial charge in [0, 0.05) is 27.7 Å². The van der Waals surface area contributed by atoms with E-state index in [1.165, 1.54) is 0 Å². The van der Waals surface area contributed by atoms with Crippen LogP contribution in [-0.4, -0.2) is 11.6 Å². The fourth-order valence-corrected chi connectivity index (χ4v) is 3.63. The Labute approximate surface area is 172 Å². The fourth-order valence-electron chi connectivity index (χ4n) is 3.36. The molecular formula is C22H20BrN3O2. The summed E-state index contributed by atoms with van der Waals surface area (Å²) in [4.78, 5) is 12.8. The first-order chi connectivity index (χ1) is 13.6. The van der Waals surface area contributed by atoms with E-state index in [0.29, 0.717) is 5.76 Å². The first kappa shape index (κ1) is 18.5. The number of nitrogens with one attached hydrogen (secondary N) is 2. The van der Waals surface area contributed by atoms with Crippen LogP contribution in [0.2, 0.25) is 0 Å². The molecule has 0 saturated heterocycles. The number of hydrogen-bond donors (Lipinski definition) is 2. The number of fused-ring (bicyclic) bond motifs is 1. The molecule has 0 spiro atoms. The topological polar surface area (TPSA) is 66.6 Å². The molecule has 2 N–H and O–H groups in total. The van der Waals surface area contributed by atoms with Crippen molar-refractivity contribution >= 4 is 38.9 Å². The average molecular weight is 438 g/mol. The van der Waals surface area contributed by atoms with Crippen LogP contribution in [0.5, 0.6) is 0 Å². The van der Waals surface area contributed by atoms with Crippen molar-refractivity contribution in [3.8, 4) is 0 Å². The largest absolute Gasteiger partial charge is 0.455 e. The number of carbonyl (C=O) groups is 1. The van der Waals surface area contributed by atoms with Crippen molar-refractivity contribution in [3.05, 3.63) is 81.7 Å². The Bertz CT molecular complexity index is 1020. The second-order valence-electron chi connectivity index (χ2n) is 6.71. The second kappa shape index (κ2) is 8.02. The van der Waals surface area contributed by atoms with Gasteiger partial charge >= 0.3 is 0 Å². The lowest BCUT2D eigenvalue weighted by Crippen LogP contribution is -2.14. The lowest BCUT2D eigenvalue weighted by molar-refractivity contribution is 0.0994. The summed E-state index contributed by atoms with van der Waals surface area (Å²) in [5.74, 6) is 0.935. The highest BCUT2D eigenvalue weighted by molar-refractivity contribution is 9.10. The number of nitrogens with zero attached hydrogens (tertiary/aromatic N) is 1. The van der Waals surface area contributed by atoms with Crippen LogP contribution >= 0.6 is 15.9 Å². The van der Waals surface area contributed by atoms with Gasteiger partial charge in [-0.05, 0) is 56.2 Å². The average Bonchev–Trinajstić information content (AvgIpc) is 3.06. The van der Waals surface area contributed by atoms with E-state index in [9.17, 15) is 4.79 Å². The molecule has 142 valence electrons. The number of furan rings is 1. The van der Waals surface area contributed by atoms with E-state index in [-0.39, 0.29) is 5.91 Å². The van der Waals surface area contributed by atoms with Gasteiger partial charge in [-0.15, -0.1) is 0 Å². The number of rotatable bonds is 4. The second-order valence-corrected chi connectivity index (χ2v) is 7.62. The van der Waals surface area contributed by atoms with Crippen LogP contribution in [0.3, 0.4) is 0 Å². The van der Waals surface area contributed by atoms with Crippen LogP contribution < -0.4 is 10.7 Å². The minimum atomic E-state index is -0.246. The van der Waals surface area contributed by atoms with Gasteiger partial charge in [0.15, 0.2) is 5.76 Å². The van der Waals surface area contributed by atoms with Crippen molar-refractivity contribution in [1.82, 2.24) is 0 Å². The summed E-state index contributed by atoms with van der Waals surface area (Å²) < 4.78 is 6.91. The van der Waals surface area contributed by atoms with Crippen LogP contribution in [0.15, 0.2) is 68.6 Å². The zero-order valence-corrected chi connectivity index (χ0v) is 17.0. The predicted octanol–water partition coefficient (Wildman–Crippen LogP) is 5.76. The fraction of sp³-hybridized carbons (Fsp3) is 0.182. The zero-order chi connectivity index (χ0) is 19.5. The molecule has 0 saturated carbocycles. The van der Waals surface area contributed by atoms with Gasteiger partial charge < -0.3 is 9.73 Å². The van der Waals surface area contributed by atoms with Crippen LogP contribution in [0.4, 0.5) is 11.4 Å². The summed E-state index contributed by atoms with van der Waals surface area (Å²) in [6.07, 6.45) is 2.61.